The fourth-order valence-corrected chi connectivity index (χ4v) is 3.52. The van der Waals surface area contributed by atoms with Gasteiger partial charge in [0.05, 0.1) is 23.6 Å². The van der Waals surface area contributed by atoms with Crippen LogP contribution < -0.4 is 15.9 Å². The van der Waals surface area contributed by atoms with Crippen LogP contribution in [0.3, 0.4) is 0 Å². The smallest absolute Gasteiger partial charge is 0.274 e. The third-order valence-electron chi connectivity index (χ3n) is 4.75. The average Bonchev–Trinajstić information content (AvgIpc) is 3.08. The second-order valence-electron chi connectivity index (χ2n) is 6.24. The van der Waals surface area contributed by atoms with Gasteiger partial charge in [0.1, 0.15) is 5.75 Å². The number of benzene rings is 2. The standard InChI is InChI=1S/C20H14N4O3/c1-27-11-8-6-10(7-9-11)17-15-14(16-18(22-17)23-24-20(16)26)12-4-2-3-5-13(12)21-19(15)25/h2-9H,1H3,(H,21,25)(H2,22,23,24,26). The third-order valence-corrected chi connectivity index (χ3v) is 4.75. The van der Waals surface area contributed by atoms with Crippen molar-refractivity contribution < 1.29 is 4.74 Å². The first-order valence-corrected chi connectivity index (χ1v) is 8.37. The van der Waals surface area contributed by atoms with Crippen molar-refractivity contribution in [1.82, 2.24) is 20.2 Å². The van der Waals surface area contributed by atoms with Gasteiger partial charge in [-0.3, -0.25) is 19.8 Å². The first-order valence-electron chi connectivity index (χ1n) is 8.37. The number of fused-ring (bicyclic) bond motifs is 5. The van der Waals surface area contributed by atoms with Gasteiger partial charge in [0.25, 0.3) is 11.1 Å². The van der Waals surface area contributed by atoms with E-state index in [2.05, 4.69) is 20.2 Å². The molecule has 3 N–H and O–H groups in total. The van der Waals surface area contributed by atoms with Gasteiger partial charge in [-0.05, 0) is 30.3 Å². The van der Waals surface area contributed by atoms with Crippen molar-refractivity contribution in [3.05, 3.63) is 69.2 Å². The Balaban J connectivity index is 2.04. The topological polar surface area (TPSA) is 104 Å². The summed E-state index contributed by atoms with van der Waals surface area (Å²) in [6.45, 7) is 0. The maximum absolute atomic E-state index is 12.9. The van der Waals surface area contributed by atoms with Crippen molar-refractivity contribution in [3.63, 3.8) is 0 Å². The lowest BCUT2D eigenvalue weighted by Crippen LogP contribution is -2.10. The molecule has 7 heteroatoms. The minimum atomic E-state index is -0.306. The van der Waals surface area contributed by atoms with Crippen LogP contribution in [0.4, 0.5) is 0 Å². The highest BCUT2D eigenvalue weighted by molar-refractivity contribution is 6.20. The summed E-state index contributed by atoms with van der Waals surface area (Å²) in [5, 5.41) is 7.53. The molecule has 0 radical (unpaired) electrons. The van der Waals surface area contributed by atoms with Crippen LogP contribution in [0.2, 0.25) is 0 Å². The Labute approximate surface area is 151 Å². The number of para-hydroxylation sites is 1. The highest BCUT2D eigenvalue weighted by Crippen LogP contribution is 2.32. The minimum Gasteiger partial charge on any atom is -0.497 e. The van der Waals surface area contributed by atoms with Crippen LogP contribution in [0.5, 0.6) is 5.75 Å². The Kier molecular flexibility index (Phi) is 3.17. The molecule has 2 aromatic carbocycles. The molecule has 0 aliphatic rings. The Morgan fingerprint density at radius 1 is 0.852 bits per heavy atom. The molecule has 0 spiro atoms. The van der Waals surface area contributed by atoms with Crippen LogP contribution >= 0.6 is 0 Å². The zero-order chi connectivity index (χ0) is 18.5. The van der Waals surface area contributed by atoms with Crippen molar-refractivity contribution in [1.29, 1.82) is 0 Å². The summed E-state index contributed by atoms with van der Waals surface area (Å²) in [4.78, 5) is 32.8. The van der Waals surface area contributed by atoms with Crippen LogP contribution in [0, 0.1) is 0 Å². The molecular formula is C20H14N4O3. The first-order chi connectivity index (χ1) is 13.2. The number of H-pyrrole nitrogens is 3. The number of ether oxygens (including phenoxy) is 1. The summed E-state index contributed by atoms with van der Waals surface area (Å²) < 4.78 is 5.21. The van der Waals surface area contributed by atoms with E-state index in [1.54, 1.807) is 7.11 Å². The van der Waals surface area contributed by atoms with Gasteiger partial charge >= 0.3 is 0 Å². The molecule has 132 valence electrons. The number of hydrogen-bond donors (Lipinski definition) is 3. The number of pyridine rings is 2. The van der Waals surface area contributed by atoms with E-state index in [9.17, 15) is 9.59 Å². The minimum absolute atomic E-state index is 0.287. The molecule has 0 fully saturated rings. The summed E-state index contributed by atoms with van der Waals surface area (Å²) in [6.07, 6.45) is 0. The monoisotopic (exact) mass is 358 g/mol. The molecule has 0 saturated carbocycles. The molecule has 0 bridgehead atoms. The number of nitrogens with one attached hydrogen (secondary N) is 3. The number of aromatic nitrogens is 4. The van der Waals surface area contributed by atoms with Gasteiger partial charge in [-0.15, -0.1) is 0 Å². The summed E-state index contributed by atoms with van der Waals surface area (Å²) >= 11 is 0. The molecule has 7 nitrogen and oxygen atoms in total. The maximum atomic E-state index is 12.9. The summed E-state index contributed by atoms with van der Waals surface area (Å²) in [6, 6.07) is 14.7. The van der Waals surface area contributed by atoms with E-state index >= 15 is 0 Å². The van der Waals surface area contributed by atoms with Crippen molar-refractivity contribution in [2.75, 3.05) is 7.11 Å². The van der Waals surface area contributed by atoms with E-state index in [0.717, 1.165) is 10.9 Å². The lowest BCUT2D eigenvalue weighted by atomic mass is 10.00. The van der Waals surface area contributed by atoms with E-state index in [0.29, 0.717) is 38.8 Å². The van der Waals surface area contributed by atoms with E-state index in [4.69, 9.17) is 4.74 Å². The fraction of sp³-hybridized carbons (Fsp3) is 0.0500. The van der Waals surface area contributed by atoms with Crippen LogP contribution in [-0.4, -0.2) is 27.3 Å². The second kappa shape index (κ2) is 5.57. The zero-order valence-corrected chi connectivity index (χ0v) is 14.3. The second-order valence-corrected chi connectivity index (χ2v) is 6.24. The molecule has 0 unspecified atom stereocenters. The highest BCUT2D eigenvalue weighted by atomic mass is 16.5. The molecule has 0 saturated heterocycles. The van der Waals surface area contributed by atoms with Gasteiger partial charge in [-0.1, -0.05) is 18.2 Å². The first kappa shape index (κ1) is 15.4. The van der Waals surface area contributed by atoms with Gasteiger partial charge in [0.2, 0.25) is 0 Å². The maximum Gasteiger partial charge on any atom is 0.274 e. The normalized spacial score (nSPS) is 11.4. The molecule has 0 aliphatic heterocycles. The third kappa shape index (κ3) is 2.18. The van der Waals surface area contributed by atoms with Crippen LogP contribution in [0.1, 0.15) is 0 Å². The van der Waals surface area contributed by atoms with Crippen LogP contribution in [0.15, 0.2) is 58.1 Å². The number of aromatic amines is 3. The molecule has 3 aromatic heterocycles. The van der Waals surface area contributed by atoms with Gasteiger partial charge < -0.3 is 9.72 Å². The molecule has 0 aliphatic carbocycles. The quantitative estimate of drug-likeness (QED) is 0.422. The molecule has 5 rings (SSSR count). The molecular weight excluding hydrogens is 344 g/mol. The molecule has 0 atom stereocenters. The number of hydrogen-bond acceptors (Lipinski definition) is 4. The Bertz CT molecular complexity index is 1440. The highest BCUT2D eigenvalue weighted by Gasteiger charge is 2.19. The van der Waals surface area contributed by atoms with Crippen molar-refractivity contribution in [2.24, 2.45) is 0 Å². The van der Waals surface area contributed by atoms with Crippen molar-refractivity contribution >= 4 is 32.7 Å². The largest absolute Gasteiger partial charge is 0.497 e. The predicted molar refractivity (Wildman–Crippen MR) is 104 cm³/mol. The Hall–Kier alpha value is -3.87. The van der Waals surface area contributed by atoms with E-state index in [1.165, 1.54) is 0 Å². The van der Waals surface area contributed by atoms with Crippen molar-refractivity contribution in [3.8, 4) is 17.0 Å². The van der Waals surface area contributed by atoms with E-state index < -0.39 is 0 Å². The fourth-order valence-electron chi connectivity index (χ4n) is 3.52. The summed E-state index contributed by atoms with van der Waals surface area (Å²) in [5.41, 5.74) is 1.75. The SMILES string of the molecule is COc1ccc(-c2nc3[nH][nH]c(=O)c3c3c2c(=O)[nH]c2ccccc23)cc1. The van der Waals surface area contributed by atoms with Crippen molar-refractivity contribution in [2.45, 2.75) is 0 Å². The lowest BCUT2D eigenvalue weighted by Gasteiger charge is -2.10. The average molecular weight is 358 g/mol. The summed E-state index contributed by atoms with van der Waals surface area (Å²) in [7, 11) is 1.59. The van der Waals surface area contributed by atoms with E-state index in [1.807, 2.05) is 48.5 Å². The number of nitrogens with zero attached hydrogens (tertiary/aromatic N) is 1. The summed E-state index contributed by atoms with van der Waals surface area (Å²) in [5.74, 6) is 0.707. The molecule has 0 amide bonds. The predicted octanol–water partition coefficient (Wildman–Crippen LogP) is 2.92. The molecule has 5 aromatic rings. The zero-order valence-electron chi connectivity index (χ0n) is 14.3. The number of rotatable bonds is 2. The van der Waals surface area contributed by atoms with Gasteiger partial charge in [0, 0.05) is 21.9 Å². The number of methoxy groups -OCH3 is 1. The Morgan fingerprint density at radius 3 is 2.41 bits per heavy atom. The lowest BCUT2D eigenvalue weighted by molar-refractivity contribution is 0.415. The van der Waals surface area contributed by atoms with Crippen LogP contribution in [0.25, 0.3) is 44.0 Å². The van der Waals surface area contributed by atoms with Gasteiger partial charge in [-0.25, -0.2) is 4.98 Å². The van der Waals surface area contributed by atoms with Crippen LogP contribution in [-0.2, 0) is 0 Å². The molecule has 27 heavy (non-hydrogen) atoms. The Morgan fingerprint density at radius 2 is 1.63 bits per heavy atom. The van der Waals surface area contributed by atoms with E-state index in [-0.39, 0.29) is 11.1 Å². The van der Waals surface area contributed by atoms with Gasteiger partial charge in [0.15, 0.2) is 5.65 Å². The van der Waals surface area contributed by atoms with Gasteiger partial charge in [-0.2, -0.15) is 0 Å². The molecule has 3 heterocycles.